The SMILES string of the molecule is CC/C=C(\C=C/CNC)CCC. The standard InChI is InChI=1S/C11H21N/c1-4-7-11(8-5-2)9-6-10-12-3/h6-7,9,12H,4-5,8,10H2,1-3H3/b9-6-,11-7-. The molecule has 1 nitrogen and oxygen atoms in total. The third kappa shape index (κ3) is 6.17. The first-order valence-electron chi connectivity index (χ1n) is 4.85. The van der Waals surface area contributed by atoms with Gasteiger partial charge in [-0.2, -0.15) is 0 Å². The molecule has 0 amide bonds. The second-order valence-corrected chi connectivity index (χ2v) is 2.90. The predicted molar refractivity (Wildman–Crippen MR) is 56.3 cm³/mol. The molecule has 0 atom stereocenters. The van der Waals surface area contributed by atoms with E-state index in [0.29, 0.717) is 0 Å². The van der Waals surface area contributed by atoms with Gasteiger partial charge < -0.3 is 5.32 Å². The van der Waals surface area contributed by atoms with Crippen molar-refractivity contribution in [2.24, 2.45) is 0 Å². The normalized spacial score (nSPS) is 12.8. The van der Waals surface area contributed by atoms with Gasteiger partial charge in [-0.25, -0.2) is 0 Å². The summed E-state index contributed by atoms with van der Waals surface area (Å²) >= 11 is 0. The van der Waals surface area contributed by atoms with Crippen molar-refractivity contribution in [1.29, 1.82) is 0 Å². The lowest BCUT2D eigenvalue weighted by Gasteiger charge is -1.98. The third-order valence-electron chi connectivity index (χ3n) is 1.66. The highest BCUT2D eigenvalue weighted by atomic mass is 14.8. The average Bonchev–Trinajstić information content (AvgIpc) is 2.06. The van der Waals surface area contributed by atoms with Crippen LogP contribution in [0.25, 0.3) is 0 Å². The van der Waals surface area contributed by atoms with Gasteiger partial charge in [0, 0.05) is 6.54 Å². The molecule has 0 radical (unpaired) electrons. The van der Waals surface area contributed by atoms with E-state index in [1.165, 1.54) is 18.4 Å². The van der Waals surface area contributed by atoms with Crippen LogP contribution in [-0.2, 0) is 0 Å². The van der Waals surface area contributed by atoms with Crippen molar-refractivity contribution >= 4 is 0 Å². The van der Waals surface area contributed by atoms with Crippen molar-refractivity contribution < 1.29 is 0 Å². The largest absolute Gasteiger partial charge is 0.316 e. The van der Waals surface area contributed by atoms with E-state index in [9.17, 15) is 0 Å². The van der Waals surface area contributed by atoms with Gasteiger partial charge in [-0.05, 0) is 19.9 Å². The van der Waals surface area contributed by atoms with Crippen LogP contribution in [0.15, 0.2) is 23.8 Å². The molecule has 0 aliphatic carbocycles. The Hall–Kier alpha value is -0.560. The fourth-order valence-electron chi connectivity index (χ4n) is 1.13. The van der Waals surface area contributed by atoms with Crippen molar-refractivity contribution in [2.75, 3.05) is 13.6 Å². The molecule has 1 heteroatoms. The van der Waals surface area contributed by atoms with E-state index in [4.69, 9.17) is 0 Å². The van der Waals surface area contributed by atoms with Gasteiger partial charge in [0.2, 0.25) is 0 Å². The second kappa shape index (κ2) is 8.54. The Kier molecular flexibility index (Phi) is 8.14. The first kappa shape index (κ1) is 11.4. The van der Waals surface area contributed by atoms with Crippen LogP contribution >= 0.6 is 0 Å². The summed E-state index contributed by atoms with van der Waals surface area (Å²) in [7, 11) is 1.97. The molecular weight excluding hydrogens is 146 g/mol. The van der Waals surface area contributed by atoms with Crippen LogP contribution in [0, 0.1) is 0 Å². The monoisotopic (exact) mass is 167 g/mol. The molecule has 0 unspecified atom stereocenters. The summed E-state index contributed by atoms with van der Waals surface area (Å²) in [5.41, 5.74) is 1.47. The molecule has 0 aliphatic rings. The zero-order valence-electron chi connectivity index (χ0n) is 8.56. The van der Waals surface area contributed by atoms with Gasteiger partial charge in [0.25, 0.3) is 0 Å². The van der Waals surface area contributed by atoms with Gasteiger partial charge in [0.05, 0.1) is 0 Å². The number of hydrogen-bond acceptors (Lipinski definition) is 1. The summed E-state index contributed by atoms with van der Waals surface area (Å²) in [5, 5.41) is 3.09. The van der Waals surface area contributed by atoms with Crippen molar-refractivity contribution in [3.05, 3.63) is 23.8 Å². The first-order chi connectivity index (χ1) is 5.85. The van der Waals surface area contributed by atoms with Gasteiger partial charge in [0.15, 0.2) is 0 Å². The van der Waals surface area contributed by atoms with Gasteiger partial charge >= 0.3 is 0 Å². The third-order valence-corrected chi connectivity index (χ3v) is 1.66. The zero-order valence-corrected chi connectivity index (χ0v) is 8.56. The first-order valence-corrected chi connectivity index (χ1v) is 4.85. The number of hydrogen-bond donors (Lipinski definition) is 1. The van der Waals surface area contributed by atoms with E-state index < -0.39 is 0 Å². The van der Waals surface area contributed by atoms with E-state index in [2.05, 4.69) is 37.4 Å². The number of nitrogens with one attached hydrogen (secondary N) is 1. The van der Waals surface area contributed by atoms with E-state index in [0.717, 1.165) is 13.0 Å². The maximum Gasteiger partial charge on any atom is 0.0135 e. The Morgan fingerprint density at radius 2 is 2.08 bits per heavy atom. The Balaban J connectivity index is 3.85. The maximum absolute atomic E-state index is 3.09. The smallest absolute Gasteiger partial charge is 0.0135 e. The quantitative estimate of drug-likeness (QED) is 0.600. The summed E-state index contributed by atoms with van der Waals surface area (Å²) in [6.07, 6.45) is 10.3. The molecule has 0 heterocycles. The van der Waals surface area contributed by atoms with Gasteiger partial charge in [-0.1, -0.05) is 44.1 Å². The summed E-state index contributed by atoms with van der Waals surface area (Å²) in [4.78, 5) is 0. The van der Waals surface area contributed by atoms with Crippen LogP contribution in [0.1, 0.15) is 33.1 Å². The van der Waals surface area contributed by atoms with E-state index in [-0.39, 0.29) is 0 Å². The van der Waals surface area contributed by atoms with Crippen LogP contribution in [0.4, 0.5) is 0 Å². The van der Waals surface area contributed by atoms with Crippen molar-refractivity contribution in [1.82, 2.24) is 5.32 Å². The number of rotatable bonds is 6. The van der Waals surface area contributed by atoms with Crippen molar-refractivity contribution in [3.8, 4) is 0 Å². The Morgan fingerprint density at radius 1 is 1.33 bits per heavy atom. The van der Waals surface area contributed by atoms with Crippen molar-refractivity contribution in [2.45, 2.75) is 33.1 Å². The van der Waals surface area contributed by atoms with E-state index in [1.807, 2.05) is 7.05 Å². The van der Waals surface area contributed by atoms with Gasteiger partial charge in [0.1, 0.15) is 0 Å². The minimum atomic E-state index is 0.963. The molecule has 1 N–H and O–H groups in total. The number of likely N-dealkylation sites (N-methyl/N-ethyl adjacent to an activating group) is 1. The molecule has 0 aliphatic heterocycles. The molecule has 12 heavy (non-hydrogen) atoms. The molecule has 0 aromatic heterocycles. The van der Waals surface area contributed by atoms with Crippen LogP contribution in [0.2, 0.25) is 0 Å². The van der Waals surface area contributed by atoms with Gasteiger partial charge in [-0.15, -0.1) is 0 Å². The van der Waals surface area contributed by atoms with Crippen LogP contribution in [0.3, 0.4) is 0 Å². The molecule has 0 rings (SSSR count). The zero-order chi connectivity index (χ0) is 9.23. The lowest BCUT2D eigenvalue weighted by atomic mass is 10.1. The summed E-state index contributed by atoms with van der Waals surface area (Å²) < 4.78 is 0. The lowest BCUT2D eigenvalue weighted by Crippen LogP contribution is -2.03. The van der Waals surface area contributed by atoms with Crippen LogP contribution in [-0.4, -0.2) is 13.6 Å². The molecular formula is C11H21N. The lowest BCUT2D eigenvalue weighted by molar-refractivity contribution is 0.901. The average molecular weight is 167 g/mol. The Morgan fingerprint density at radius 3 is 2.58 bits per heavy atom. The van der Waals surface area contributed by atoms with Gasteiger partial charge in [-0.3, -0.25) is 0 Å². The molecule has 0 saturated heterocycles. The van der Waals surface area contributed by atoms with E-state index in [1.54, 1.807) is 0 Å². The van der Waals surface area contributed by atoms with Crippen LogP contribution < -0.4 is 5.32 Å². The molecule has 0 aromatic rings. The molecule has 70 valence electrons. The highest BCUT2D eigenvalue weighted by Gasteiger charge is 1.87. The highest BCUT2D eigenvalue weighted by Crippen LogP contribution is 2.07. The van der Waals surface area contributed by atoms with Crippen molar-refractivity contribution in [3.63, 3.8) is 0 Å². The summed E-state index contributed by atoms with van der Waals surface area (Å²) in [6, 6.07) is 0. The molecule has 0 bridgehead atoms. The molecule has 0 saturated carbocycles. The van der Waals surface area contributed by atoms with E-state index >= 15 is 0 Å². The number of allylic oxidation sites excluding steroid dienone is 3. The molecule has 0 spiro atoms. The fraction of sp³-hybridized carbons (Fsp3) is 0.636. The van der Waals surface area contributed by atoms with Crippen LogP contribution in [0.5, 0.6) is 0 Å². The summed E-state index contributed by atoms with van der Waals surface area (Å²) in [6.45, 7) is 5.36. The molecule has 0 fully saturated rings. The topological polar surface area (TPSA) is 12.0 Å². The second-order valence-electron chi connectivity index (χ2n) is 2.90. The Labute approximate surface area is 76.6 Å². The Bertz CT molecular complexity index is 145. The highest BCUT2D eigenvalue weighted by molar-refractivity contribution is 5.18. The minimum Gasteiger partial charge on any atom is -0.316 e. The predicted octanol–water partition coefficient (Wildman–Crippen LogP) is 2.90. The fourth-order valence-corrected chi connectivity index (χ4v) is 1.13. The maximum atomic E-state index is 3.09. The minimum absolute atomic E-state index is 0.963. The summed E-state index contributed by atoms with van der Waals surface area (Å²) in [5.74, 6) is 0. The molecule has 0 aromatic carbocycles.